The van der Waals surface area contributed by atoms with Crippen molar-refractivity contribution in [1.29, 1.82) is 0 Å². The zero-order chi connectivity index (χ0) is 39.1. The van der Waals surface area contributed by atoms with Gasteiger partial charge in [-0.2, -0.15) is 0 Å². The lowest BCUT2D eigenvalue weighted by Gasteiger charge is -2.18. The van der Waals surface area contributed by atoms with Crippen molar-refractivity contribution in [2.45, 2.75) is 135 Å². The zero-order valence-electron chi connectivity index (χ0n) is 32.2. The largest absolute Gasteiger partial charge is 0.469 e. The van der Waals surface area contributed by atoms with Crippen molar-refractivity contribution in [2.75, 3.05) is 13.2 Å². The maximum Gasteiger partial charge on any atom is 0.469 e. The van der Waals surface area contributed by atoms with Crippen LogP contribution in [0.1, 0.15) is 123 Å². The van der Waals surface area contributed by atoms with Crippen molar-refractivity contribution < 1.29 is 43.0 Å². The van der Waals surface area contributed by atoms with Crippen molar-refractivity contribution in [3.63, 3.8) is 0 Å². The summed E-state index contributed by atoms with van der Waals surface area (Å²) in [6.45, 7) is 3.27. The number of carbonyl (C=O) groups excluding carboxylic acids is 2. The molecule has 0 spiro atoms. The molecule has 0 aliphatic carbocycles. The fourth-order valence-electron chi connectivity index (χ4n) is 4.49. The van der Waals surface area contributed by atoms with E-state index in [0.717, 1.165) is 64.2 Å². The topological polar surface area (TPSA) is 140 Å². The molecule has 0 rings (SSSR count). The second kappa shape index (κ2) is 37.0. The number of hydrogen-bond donors (Lipinski definition) is 3. The second-order valence-electron chi connectivity index (χ2n) is 12.4. The first-order valence-electron chi connectivity index (χ1n) is 19.3. The van der Waals surface area contributed by atoms with E-state index in [4.69, 9.17) is 19.3 Å². The molecule has 0 heterocycles. The molecule has 0 saturated heterocycles. The molecule has 0 saturated carbocycles. The quantitative estimate of drug-likeness (QED) is 0.0196. The molecule has 3 N–H and O–H groups in total. The van der Waals surface area contributed by atoms with Crippen LogP contribution in [0.5, 0.6) is 0 Å². The van der Waals surface area contributed by atoms with Crippen LogP contribution in [0.2, 0.25) is 0 Å². The van der Waals surface area contributed by atoms with Crippen LogP contribution < -0.4 is 0 Å². The molecule has 53 heavy (non-hydrogen) atoms. The van der Waals surface area contributed by atoms with Crippen LogP contribution in [0.25, 0.3) is 0 Å². The molecule has 1 unspecified atom stereocenters. The standard InChI is InChI=1S/C43H67O9P/c1-3-5-7-9-11-13-15-17-19-21-22-24-26-28-30-32-34-40(44)36-37-42(45)50-38-41(39-51-53(47,48)49)52-43(46)35-33-31-29-27-25-23-20-18-16-14-12-10-8-6-4-2/h5,7,11-14,17-20,22,24-25,27-28,30,32,34,40-41,44H,3-4,6,8-10,15-16,21,23,26,29,31,33,35-39H2,1-2H3,(H2,47,48,49)/b7-5-,13-11-,14-12-,19-17-,20-18-,24-22-,27-25-,30-28-,34-32-/t40?,41-/m1/s1. The number of unbranched alkanes of at least 4 members (excludes halogenated alkanes) is 5. The van der Waals surface area contributed by atoms with Crippen molar-refractivity contribution in [1.82, 2.24) is 0 Å². The van der Waals surface area contributed by atoms with Gasteiger partial charge >= 0.3 is 19.8 Å². The molecular weight excluding hydrogens is 691 g/mol. The van der Waals surface area contributed by atoms with E-state index in [9.17, 15) is 19.3 Å². The number of aliphatic hydroxyl groups is 1. The minimum absolute atomic E-state index is 0.101. The summed E-state index contributed by atoms with van der Waals surface area (Å²) < 4.78 is 26.1. The number of phosphoric acid groups is 1. The van der Waals surface area contributed by atoms with E-state index >= 15 is 0 Å². The molecule has 0 radical (unpaired) electrons. The lowest BCUT2D eigenvalue weighted by Crippen LogP contribution is -2.29. The zero-order valence-corrected chi connectivity index (χ0v) is 33.1. The molecule has 0 aromatic carbocycles. The van der Waals surface area contributed by atoms with Gasteiger partial charge in [0.25, 0.3) is 0 Å². The summed E-state index contributed by atoms with van der Waals surface area (Å²) in [5, 5.41) is 10.2. The number of phosphoric ester groups is 1. The van der Waals surface area contributed by atoms with Gasteiger partial charge in [-0.25, -0.2) is 4.57 Å². The van der Waals surface area contributed by atoms with Crippen LogP contribution in [-0.4, -0.2) is 52.3 Å². The highest BCUT2D eigenvalue weighted by atomic mass is 31.2. The molecule has 0 bridgehead atoms. The first kappa shape index (κ1) is 49.7. The number of esters is 2. The SMILES string of the molecule is CC/C=C\C/C=C\C/C=C\C/C=C\C/C=C\C=C/C(O)CCC(=O)OC[C@H](COP(=O)(O)O)OC(=O)CCCC/C=C\C/C=C\C/C=C\CCCCC. The van der Waals surface area contributed by atoms with E-state index < -0.39 is 45.2 Å². The summed E-state index contributed by atoms with van der Waals surface area (Å²) in [5.74, 6) is -1.23. The van der Waals surface area contributed by atoms with Gasteiger partial charge in [-0.3, -0.25) is 14.1 Å². The van der Waals surface area contributed by atoms with Crippen molar-refractivity contribution in [3.8, 4) is 0 Å². The van der Waals surface area contributed by atoms with Gasteiger partial charge in [0.1, 0.15) is 6.61 Å². The van der Waals surface area contributed by atoms with E-state index in [0.29, 0.717) is 6.42 Å². The Bertz CT molecular complexity index is 1230. The highest BCUT2D eigenvalue weighted by Crippen LogP contribution is 2.35. The van der Waals surface area contributed by atoms with Crippen LogP contribution in [0.15, 0.2) is 109 Å². The smallest absolute Gasteiger partial charge is 0.462 e. The number of ether oxygens (including phenoxy) is 2. The van der Waals surface area contributed by atoms with Gasteiger partial charge in [-0.05, 0) is 83.5 Å². The number of rotatable bonds is 33. The fourth-order valence-corrected chi connectivity index (χ4v) is 4.85. The fraction of sp³-hybridized carbons (Fsp3) is 0.535. The molecule has 0 aromatic heterocycles. The van der Waals surface area contributed by atoms with Gasteiger partial charge in [-0.15, -0.1) is 0 Å². The normalized spacial score (nSPS) is 14.3. The Labute approximate surface area is 319 Å². The Hall–Kier alpha value is -3.33. The maximum atomic E-state index is 12.4. The Morgan fingerprint density at radius 2 is 1.11 bits per heavy atom. The molecule has 0 aromatic rings. The van der Waals surface area contributed by atoms with Crippen molar-refractivity contribution in [3.05, 3.63) is 109 Å². The molecule has 9 nitrogen and oxygen atoms in total. The monoisotopic (exact) mass is 758 g/mol. The van der Waals surface area contributed by atoms with E-state index in [2.05, 4.69) is 103 Å². The van der Waals surface area contributed by atoms with Gasteiger partial charge in [-0.1, -0.05) is 136 Å². The minimum atomic E-state index is -4.83. The first-order chi connectivity index (χ1) is 25.7. The molecule has 0 amide bonds. The lowest BCUT2D eigenvalue weighted by atomic mass is 10.1. The van der Waals surface area contributed by atoms with Gasteiger partial charge in [0.05, 0.1) is 12.7 Å². The van der Waals surface area contributed by atoms with Crippen molar-refractivity contribution >= 4 is 19.8 Å². The predicted octanol–water partition coefficient (Wildman–Crippen LogP) is 10.6. The third-order valence-corrected chi connectivity index (χ3v) is 7.88. The van der Waals surface area contributed by atoms with Crippen LogP contribution in [-0.2, 0) is 28.2 Å². The summed E-state index contributed by atoms with van der Waals surface area (Å²) in [4.78, 5) is 42.7. The maximum absolute atomic E-state index is 12.4. The molecule has 0 aliphatic heterocycles. The third-order valence-electron chi connectivity index (χ3n) is 7.39. The second-order valence-corrected chi connectivity index (χ2v) is 13.6. The molecule has 2 atom stereocenters. The molecule has 0 aliphatic rings. The average Bonchev–Trinajstić information content (AvgIpc) is 3.12. The molecule has 0 fully saturated rings. The summed E-state index contributed by atoms with van der Waals surface area (Å²) in [5.41, 5.74) is 0. The van der Waals surface area contributed by atoms with Crippen LogP contribution in [0, 0.1) is 0 Å². The van der Waals surface area contributed by atoms with E-state index in [1.807, 2.05) is 12.2 Å². The molecular formula is C43H67O9P. The Balaban J connectivity index is 4.30. The van der Waals surface area contributed by atoms with Crippen LogP contribution in [0.4, 0.5) is 0 Å². The van der Waals surface area contributed by atoms with Gasteiger partial charge in [0.15, 0.2) is 6.10 Å². The van der Waals surface area contributed by atoms with E-state index in [1.165, 1.54) is 19.3 Å². The highest BCUT2D eigenvalue weighted by Gasteiger charge is 2.23. The number of aliphatic hydroxyl groups excluding tert-OH is 1. The molecule has 10 heteroatoms. The van der Waals surface area contributed by atoms with E-state index in [-0.39, 0.29) is 19.3 Å². The van der Waals surface area contributed by atoms with Crippen LogP contribution >= 0.6 is 7.82 Å². The van der Waals surface area contributed by atoms with E-state index in [1.54, 1.807) is 12.2 Å². The third kappa shape index (κ3) is 39.7. The average molecular weight is 759 g/mol. The number of hydrogen-bond acceptors (Lipinski definition) is 7. The lowest BCUT2D eigenvalue weighted by molar-refractivity contribution is -0.161. The Morgan fingerprint density at radius 3 is 1.64 bits per heavy atom. The van der Waals surface area contributed by atoms with Gasteiger partial charge < -0.3 is 24.4 Å². The molecule has 298 valence electrons. The minimum Gasteiger partial charge on any atom is -0.462 e. The summed E-state index contributed by atoms with van der Waals surface area (Å²) in [6, 6.07) is 0. The predicted molar refractivity (Wildman–Crippen MR) is 217 cm³/mol. The van der Waals surface area contributed by atoms with Gasteiger partial charge in [0.2, 0.25) is 0 Å². The van der Waals surface area contributed by atoms with Crippen molar-refractivity contribution in [2.24, 2.45) is 0 Å². The van der Waals surface area contributed by atoms with Gasteiger partial charge in [0, 0.05) is 12.8 Å². The highest BCUT2D eigenvalue weighted by molar-refractivity contribution is 7.46. The van der Waals surface area contributed by atoms with Crippen LogP contribution in [0.3, 0.4) is 0 Å². The summed E-state index contributed by atoms with van der Waals surface area (Å²) >= 11 is 0. The Morgan fingerprint density at radius 1 is 0.604 bits per heavy atom. The first-order valence-corrected chi connectivity index (χ1v) is 20.8. The number of carbonyl (C=O) groups is 2. The Kier molecular flexibility index (Phi) is 34.7. The summed E-state index contributed by atoms with van der Waals surface area (Å²) in [7, 11) is -4.83. The number of allylic oxidation sites excluding steroid dienone is 17. The summed E-state index contributed by atoms with van der Waals surface area (Å²) in [6.07, 6.45) is 48.6.